The van der Waals surface area contributed by atoms with Crippen LogP contribution in [-0.2, 0) is 6.42 Å². The third kappa shape index (κ3) is 3.27. The van der Waals surface area contributed by atoms with E-state index in [9.17, 15) is 9.18 Å². The Balaban J connectivity index is 2.13. The fraction of sp³-hybridized carbons (Fsp3) is 0.235. The molecule has 0 bridgehead atoms. The van der Waals surface area contributed by atoms with Crippen molar-refractivity contribution < 1.29 is 9.50 Å². The lowest BCUT2D eigenvalue weighted by Crippen LogP contribution is -2.25. The van der Waals surface area contributed by atoms with Gasteiger partial charge in [0.25, 0.3) is 5.56 Å². The third-order valence-electron chi connectivity index (χ3n) is 3.57. The van der Waals surface area contributed by atoms with Crippen molar-refractivity contribution in [2.24, 2.45) is 4.99 Å². The molecule has 0 unspecified atom stereocenters. The quantitative estimate of drug-likeness (QED) is 0.914. The minimum Gasteiger partial charge on any atom is -0.396 e. The van der Waals surface area contributed by atoms with Crippen LogP contribution in [0, 0.1) is 5.82 Å². The Morgan fingerprint density at radius 1 is 1.26 bits per heavy atom. The maximum absolute atomic E-state index is 13.1. The maximum Gasteiger partial charge on any atom is 0.281 e. The first kappa shape index (κ1) is 15.3. The molecule has 5 nitrogen and oxygen atoms in total. The largest absolute Gasteiger partial charge is 0.396 e. The molecule has 0 saturated heterocycles. The number of aryl methyl sites for hydroxylation is 1. The predicted octanol–water partition coefficient (Wildman–Crippen LogP) is 1.76. The van der Waals surface area contributed by atoms with Gasteiger partial charge in [0.05, 0.1) is 12.2 Å². The molecular formula is C17H16FN3O2. The third-order valence-corrected chi connectivity index (χ3v) is 3.57. The molecule has 0 saturated carbocycles. The van der Waals surface area contributed by atoms with Gasteiger partial charge in [-0.25, -0.2) is 9.37 Å². The molecule has 2 aromatic rings. The Kier molecular flexibility index (Phi) is 4.43. The fourth-order valence-electron chi connectivity index (χ4n) is 2.42. The van der Waals surface area contributed by atoms with E-state index in [-0.39, 0.29) is 18.0 Å². The molecule has 0 atom stereocenters. The van der Waals surface area contributed by atoms with Gasteiger partial charge in [-0.05, 0) is 37.1 Å². The van der Waals surface area contributed by atoms with Gasteiger partial charge < -0.3 is 5.11 Å². The van der Waals surface area contributed by atoms with Crippen molar-refractivity contribution in [2.75, 3.05) is 13.2 Å². The molecule has 1 aliphatic rings. The predicted molar refractivity (Wildman–Crippen MR) is 86.5 cm³/mol. The smallest absolute Gasteiger partial charge is 0.281 e. The Morgan fingerprint density at radius 2 is 2.04 bits per heavy atom. The lowest BCUT2D eigenvalue weighted by atomic mass is 10.2. The molecule has 1 N–H and O–H groups in total. The average molecular weight is 313 g/mol. The van der Waals surface area contributed by atoms with E-state index in [4.69, 9.17) is 5.11 Å². The molecule has 1 aromatic heterocycles. The SMILES string of the molecule is O=c1c(C2=CCN=C2)nc(CCCO)cn1-c1ccc(F)cc1. The zero-order valence-corrected chi connectivity index (χ0v) is 12.4. The van der Waals surface area contributed by atoms with E-state index in [1.807, 2.05) is 6.08 Å². The van der Waals surface area contributed by atoms with E-state index < -0.39 is 0 Å². The number of aliphatic hydroxyl groups is 1. The van der Waals surface area contributed by atoms with E-state index in [1.54, 1.807) is 24.5 Å². The Bertz CT molecular complexity index is 823. The summed E-state index contributed by atoms with van der Waals surface area (Å²) in [7, 11) is 0. The summed E-state index contributed by atoms with van der Waals surface area (Å²) in [5, 5.41) is 9.01. The van der Waals surface area contributed by atoms with Crippen molar-refractivity contribution >= 4 is 11.8 Å². The van der Waals surface area contributed by atoms with Crippen molar-refractivity contribution in [3.63, 3.8) is 0 Å². The number of rotatable bonds is 5. The van der Waals surface area contributed by atoms with Crippen LogP contribution in [0.25, 0.3) is 11.3 Å². The topological polar surface area (TPSA) is 67.5 Å². The van der Waals surface area contributed by atoms with E-state index in [0.29, 0.717) is 42.0 Å². The van der Waals surface area contributed by atoms with Crippen molar-refractivity contribution in [3.8, 4) is 5.69 Å². The van der Waals surface area contributed by atoms with Gasteiger partial charge in [0.2, 0.25) is 0 Å². The number of aliphatic imine (C=N–C) groups is 1. The van der Waals surface area contributed by atoms with Crippen molar-refractivity contribution in [1.29, 1.82) is 0 Å². The Morgan fingerprint density at radius 3 is 2.70 bits per heavy atom. The molecule has 6 heteroatoms. The van der Waals surface area contributed by atoms with Crippen LogP contribution in [-0.4, -0.2) is 34.0 Å². The molecule has 0 amide bonds. The van der Waals surface area contributed by atoms with Crippen LogP contribution in [0.15, 0.2) is 46.3 Å². The van der Waals surface area contributed by atoms with Crippen LogP contribution in [0.2, 0.25) is 0 Å². The van der Waals surface area contributed by atoms with Gasteiger partial charge in [0, 0.05) is 30.3 Å². The molecule has 1 aliphatic heterocycles. The van der Waals surface area contributed by atoms with Gasteiger partial charge in [0.15, 0.2) is 0 Å². The number of halogens is 1. The first-order valence-corrected chi connectivity index (χ1v) is 7.39. The lowest BCUT2D eigenvalue weighted by Gasteiger charge is -2.11. The molecule has 0 radical (unpaired) electrons. The molecule has 2 heterocycles. The first-order chi connectivity index (χ1) is 11.2. The van der Waals surface area contributed by atoms with Crippen LogP contribution < -0.4 is 5.56 Å². The zero-order valence-electron chi connectivity index (χ0n) is 12.4. The monoisotopic (exact) mass is 313 g/mol. The molecular weight excluding hydrogens is 297 g/mol. The summed E-state index contributed by atoms with van der Waals surface area (Å²) in [5.74, 6) is -0.359. The lowest BCUT2D eigenvalue weighted by molar-refractivity contribution is 0.288. The highest BCUT2D eigenvalue weighted by molar-refractivity contribution is 6.10. The summed E-state index contributed by atoms with van der Waals surface area (Å²) >= 11 is 0. The van der Waals surface area contributed by atoms with Gasteiger partial charge in [-0.3, -0.25) is 14.4 Å². The van der Waals surface area contributed by atoms with E-state index in [0.717, 1.165) is 0 Å². The summed E-state index contributed by atoms with van der Waals surface area (Å²) in [4.78, 5) is 21.2. The second-order valence-electron chi connectivity index (χ2n) is 5.21. The first-order valence-electron chi connectivity index (χ1n) is 7.39. The maximum atomic E-state index is 13.1. The minimum atomic E-state index is -0.359. The molecule has 23 heavy (non-hydrogen) atoms. The zero-order chi connectivity index (χ0) is 16.2. The van der Waals surface area contributed by atoms with Gasteiger partial charge in [-0.2, -0.15) is 0 Å². The minimum absolute atomic E-state index is 0.0524. The molecule has 0 fully saturated rings. The van der Waals surface area contributed by atoms with Crippen LogP contribution >= 0.6 is 0 Å². The van der Waals surface area contributed by atoms with Crippen molar-refractivity contribution in [2.45, 2.75) is 12.8 Å². The van der Waals surface area contributed by atoms with Gasteiger partial charge in [-0.15, -0.1) is 0 Å². The Labute approximate surface area is 132 Å². The summed E-state index contributed by atoms with van der Waals surface area (Å²) in [6, 6.07) is 5.72. The summed E-state index contributed by atoms with van der Waals surface area (Å²) < 4.78 is 14.6. The van der Waals surface area contributed by atoms with E-state index >= 15 is 0 Å². The highest BCUT2D eigenvalue weighted by Crippen LogP contribution is 2.14. The van der Waals surface area contributed by atoms with Crippen molar-refractivity contribution in [1.82, 2.24) is 9.55 Å². The second-order valence-corrected chi connectivity index (χ2v) is 5.21. The number of benzene rings is 1. The number of aromatic nitrogens is 2. The molecule has 0 aliphatic carbocycles. The van der Waals surface area contributed by atoms with Gasteiger partial charge >= 0.3 is 0 Å². The number of hydrogen-bond acceptors (Lipinski definition) is 4. The van der Waals surface area contributed by atoms with Crippen molar-refractivity contribution in [3.05, 3.63) is 64.1 Å². The standard InChI is InChI=1S/C17H16FN3O2/c18-13-3-5-15(6-4-13)21-11-14(2-1-9-22)20-16(17(21)23)12-7-8-19-10-12/h3-7,10-11,22H,1-2,8-9H2. The van der Waals surface area contributed by atoms with Gasteiger partial charge in [0.1, 0.15) is 11.5 Å². The highest BCUT2D eigenvalue weighted by atomic mass is 19.1. The van der Waals surface area contributed by atoms with Crippen LogP contribution in [0.1, 0.15) is 17.8 Å². The van der Waals surface area contributed by atoms with Crippen LogP contribution in [0.4, 0.5) is 4.39 Å². The van der Waals surface area contributed by atoms with Crippen LogP contribution in [0.3, 0.4) is 0 Å². The normalized spacial score (nSPS) is 13.4. The second kappa shape index (κ2) is 6.66. The molecule has 118 valence electrons. The summed E-state index contributed by atoms with van der Waals surface area (Å²) in [6.45, 7) is 0.588. The number of allylic oxidation sites excluding steroid dienone is 1. The number of hydrogen-bond donors (Lipinski definition) is 1. The molecule has 3 rings (SSSR count). The number of aliphatic hydroxyl groups excluding tert-OH is 1. The Hall–Kier alpha value is -2.60. The van der Waals surface area contributed by atoms with Gasteiger partial charge in [-0.1, -0.05) is 6.08 Å². The summed E-state index contributed by atoms with van der Waals surface area (Å²) in [6.07, 6.45) is 6.22. The average Bonchev–Trinajstić information content (AvgIpc) is 3.09. The van der Waals surface area contributed by atoms with E-state index in [2.05, 4.69) is 9.98 Å². The van der Waals surface area contributed by atoms with Crippen LogP contribution in [0.5, 0.6) is 0 Å². The van der Waals surface area contributed by atoms with E-state index in [1.165, 1.54) is 16.7 Å². The number of nitrogens with zero attached hydrogens (tertiary/aromatic N) is 3. The summed E-state index contributed by atoms with van der Waals surface area (Å²) in [5.41, 5.74) is 2.01. The highest BCUT2D eigenvalue weighted by Gasteiger charge is 2.14. The molecule has 1 aromatic carbocycles. The molecule has 0 spiro atoms. The fourth-order valence-corrected chi connectivity index (χ4v) is 2.42.